The molecule has 0 bridgehead atoms. The van der Waals surface area contributed by atoms with Crippen LogP contribution in [0.25, 0.3) is 0 Å². The van der Waals surface area contributed by atoms with Crippen molar-refractivity contribution in [3.63, 3.8) is 0 Å². The lowest BCUT2D eigenvalue weighted by atomic mass is 10.0. The molecule has 0 saturated carbocycles. The minimum Gasteiger partial charge on any atom is -0.480 e. The first-order chi connectivity index (χ1) is 7.84. The Labute approximate surface area is 102 Å². The van der Waals surface area contributed by atoms with Gasteiger partial charge in [-0.2, -0.15) is 0 Å². The Morgan fingerprint density at radius 3 is 2.53 bits per heavy atom. The normalized spacial score (nSPS) is 11.0. The van der Waals surface area contributed by atoms with Crippen LogP contribution in [0.5, 0.6) is 0 Å². The Morgan fingerprint density at radius 2 is 2.06 bits per heavy atom. The van der Waals surface area contributed by atoms with Crippen LogP contribution in [-0.2, 0) is 14.3 Å². The van der Waals surface area contributed by atoms with Crippen molar-refractivity contribution in [1.29, 1.82) is 0 Å². The van der Waals surface area contributed by atoms with E-state index in [-0.39, 0.29) is 12.3 Å². The van der Waals surface area contributed by atoms with Gasteiger partial charge >= 0.3 is 5.97 Å². The van der Waals surface area contributed by atoms with Gasteiger partial charge in [-0.1, -0.05) is 6.08 Å². The molecule has 0 aliphatic carbocycles. The Balaban J connectivity index is 4.06. The molecule has 0 aromatic carbocycles. The summed E-state index contributed by atoms with van der Waals surface area (Å²) in [5.74, 6) is -1.21. The molecule has 0 aliphatic heterocycles. The summed E-state index contributed by atoms with van der Waals surface area (Å²) in [7, 11) is 1.50. The minimum atomic E-state index is -1.18. The highest BCUT2D eigenvalue weighted by Gasteiger charge is 2.34. The van der Waals surface area contributed by atoms with Gasteiger partial charge in [0.25, 0.3) is 0 Å². The number of aliphatic carboxylic acids is 1. The number of carboxylic acids is 1. The van der Waals surface area contributed by atoms with Gasteiger partial charge in [0.2, 0.25) is 5.91 Å². The van der Waals surface area contributed by atoms with Crippen molar-refractivity contribution < 1.29 is 19.4 Å². The van der Waals surface area contributed by atoms with E-state index in [0.29, 0.717) is 19.6 Å². The SMILES string of the molecule is C=CCOCCCC(=O)N(C)C(C)(C)C(=O)O. The summed E-state index contributed by atoms with van der Waals surface area (Å²) in [6, 6.07) is 0. The second kappa shape index (κ2) is 7.06. The molecular formula is C12H21NO4. The van der Waals surface area contributed by atoms with Gasteiger partial charge in [0.15, 0.2) is 0 Å². The fourth-order valence-electron chi connectivity index (χ4n) is 1.12. The van der Waals surface area contributed by atoms with Gasteiger partial charge in [-0.15, -0.1) is 6.58 Å². The van der Waals surface area contributed by atoms with E-state index in [1.54, 1.807) is 6.08 Å². The molecule has 1 N–H and O–H groups in total. The first-order valence-corrected chi connectivity index (χ1v) is 5.52. The monoisotopic (exact) mass is 243 g/mol. The van der Waals surface area contributed by atoms with Crippen molar-refractivity contribution in [3.8, 4) is 0 Å². The van der Waals surface area contributed by atoms with Crippen molar-refractivity contribution in [2.24, 2.45) is 0 Å². The van der Waals surface area contributed by atoms with Crippen LogP contribution in [0.4, 0.5) is 0 Å². The Hall–Kier alpha value is -1.36. The van der Waals surface area contributed by atoms with Crippen LogP contribution in [-0.4, -0.2) is 47.7 Å². The maximum Gasteiger partial charge on any atom is 0.329 e. The minimum absolute atomic E-state index is 0.195. The second-order valence-corrected chi connectivity index (χ2v) is 4.28. The number of amides is 1. The molecule has 0 rings (SSSR count). The quantitative estimate of drug-likeness (QED) is 0.515. The maximum absolute atomic E-state index is 11.7. The molecule has 0 radical (unpaired) electrons. The molecule has 98 valence electrons. The van der Waals surface area contributed by atoms with Crippen molar-refractivity contribution in [2.75, 3.05) is 20.3 Å². The highest BCUT2D eigenvalue weighted by molar-refractivity contribution is 5.86. The van der Waals surface area contributed by atoms with Gasteiger partial charge < -0.3 is 14.7 Å². The standard InChI is InChI=1S/C12H21NO4/c1-5-8-17-9-6-7-10(14)13(4)12(2,3)11(15)16/h5H,1,6-9H2,2-4H3,(H,15,16). The van der Waals surface area contributed by atoms with Gasteiger partial charge in [0.05, 0.1) is 6.61 Å². The van der Waals surface area contributed by atoms with Crippen LogP contribution >= 0.6 is 0 Å². The van der Waals surface area contributed by atoms with Gasteiger partial charge in [0, 0.05) is 20.1 Å². The molecule has 5 nitrogen and oxygen atoms in total. The predicted octanol–water partition coefficient (Wildman–Crippen LogP) is 1.29. The third kappa shape index (κ3) is 4.99. The number of likely N-dealkylation sites (N-methyl/N-ethyl adjacent to an activating group) is 1. The summed E-state index contributed by atoms with van der Waals surface area (Å²) >= 11 is 0. The van der Waals surface area contributed by atoms with E-state index in [2.05, 4.69) is 6.58 Å². The molecule has 0 spiro atoms. The largest absolute Gasteiger partial charge is 0.480 e. The lowest BCUT2D eigenvalue weighted by molar-refractivity contribution is -0.155. The lowest BCUT2D eigenvalue weighted by Gasteiger charge is -2.31. The highest BCUT2D eigenvalue weighted by Crippen LogP contribution is 2.14. The van der Waals surface area contributed by atoms with Crippen molar-refractivity contribution in [3.05, 3.63) is 12.7 Å². The smallest absolute Gasteiger partial charge is 0.329 e. The Kier molecular flexibility index (Phi) is 6.50. The zero-order valence-electron chi connectivity index (χ0n) is 10.7. The molecule has 0 saturated heterocycles. The fraction of sp³-hybridized carbons (Fsp3) is 0.667. The van der Waals surface area contributed by atoms with Crippen LogP contribution < -0.4 is 0 Å². The maximum atomic E-state index is 11.7. The zero-order valence-corrected chi connectivity index (χ0v) is 10.7. The number of carbonyl (C=O) groups excluding carboxylic acids is 1. The molecule has 0 aromatic rings. The Morgan fingerprint density at radius 1 is 1.47 bits per heavy atom. The molecule has 0 heterocycles. The van der Waals surface area contributed by atoms with Gasteiger partial charge in [-0.25, -0.2) is 4.79 Å². The van der Waals surface area contributed by atoms with Crippen LogP contribution in [0.15, 0.2) is 12.7 Å². The number of nitrogens with zero attached hydrogens (tertiary/aromatic N) is 1. The second-order valence-electron chi connectivity index (χ2n) is 4.28. The summed E-state index contributed by atoms with van der Waals surface area (Å²) in [4.78, 5) is 23.9. The van der Waals surface area contributed by atoms with Crippen LogP contribution in [0.2, 0.25) is 0 Å². The van der Waals surface area contributed by atoms with Crippen molar-refractivity contribution >= 4 is 11.9 Å². The number of rotatable bonds is 8. The van der Waals surface area contributed by atoms with Crippen LogP contribution in [0.1, 0.15) is 26.7 Å². The van der Waals surface area contributed by atoms with E-state index in [1.165, 1.54) is 25.8 Å². The Bertz CT molecular complexity index is 286. The summed E-state index contributed by atoms with van der Waals surface area (Å²) in [6.45, 7) is 7.45. The van der Waals surface area contributed by atoms with Crippen molar-refractivity contribution in [2.45, 2.75) is 32.2 Å². The molecule has 5 heteroatoms. The van der Waals surface area contributed by atoms with Crippen molar-refractivity contribution in [1.82, 2.24) is 4.90 Å². The molecule has 0 atom stereocenters. The summed E-state index contributed by atoms with van der Waals surface area (Å²) < 4.78 is 5.14. The number of carboxylic acid groups (broad SMARTS) is 1. The molecule has 0 aliphatic rings. The van der Waals surface area contributed by atoms with Crippen LogP contribution in [0, 0.1) is 0 Å². The first-order valence-electron chi connectivity index (χ1n) is 5.52. The third-order valence-electron chi connectivity index (χ3n) is 2.65. The van der Waals surface area contributed by atoms with E-state index in [9.17, 15) is 9.59 Å². The number of hydrogen-bond donors (Lipinski definition) is 1. The van der Waals surface area contributed by atoms with E-state index in [4.69, 9.17) is 9.84 Å². The summed E-state index contributed by atoms with van der Waals surface area (Å²) in [6.07, 6.45) is 2.50. The van der Waals surface area contributed by atoms with E-state index >= 15 is 0 Å². The predicted molar refractivity (Wildman–Crippen MR) is 64.7 cm³/mol. The molecule has 0 fully saturated rings. The van der Waals surface area contributed by atoms with Gasteiger partial charge in [-0.05, 0) is 20.3 Å². The molecule has 0 unspecified atom stereocenters. The van der Waals surface area contributed by atoms with Crippen LogP contribution in [0.3, 0.4) is 0 Å². The van der Waals surface area contributed by atoms with E-state index in [1.807, 2.05) is 0 Å². The summed E-state index contributed by atoms with van der Waals surface area (Å²) in [5.41, 5.74) is -1.18. The molecule has 1 amide bonds. The van der Waals surface area contributed by atoms with Gasteiger partial charge in [-0.3, -0.25) is 4.79 Å². The first kappa shape index (κ1) is 15.6. The van der Waals surface area contributed by atoms with E-state index < -0.39 is 11.5 Å². The third-order valence-corrected chi connectivity index (χ3v) is 2.65. The average molecular weight is 243 g/mol. The highest BCUT2D eigenvalue weighted by atomic mass is 16.5. The zero-order chi connectivity index (χ0) is 13.5. The molecular weight excluding hydrogens is 222 g/mol. The summed E-state index contributed by atoms with van der Waals surface area (Å²) in [5, 5.41) is 8.97. The number of hydrogen-bond acceptors (Lipinski definition) is 3. The molecule has 0 aromatic heterocycles. The lowest BCUT2D eigenvalue weighted by Crippen LogP contribution is -2.50. The number of carbonyl (C=O) groups is 2. The fourth-order valence-corrected chi connectivity index (χ4v) is 1.12. The number of ether oxygens (including phenoxy) is 1. The molecule has 17 heavy (non-hydrogen) atoms. The van der Waals surface area contributed by atoms with E-state index in [0.717, 1.165) is 0 Å². The van der Waals surface area contributed by atoms with Gasteiger partial charge in [0.1, 0.15) is 5.54 Å². The average Bonchev–Trinajstić information content (AvgIpc) is 2.27. The topological polar surface area (TPSA) is 66.8 Å².